The van der Waals surface area contributed by atoms with Crippen LogP contribution in [0.5, 0.6) is 0 Å². The zero-order chi connectivity index (χ0) is 11.8. The van der Waals surface area contributed by atoms with Crippen LogP contribution in [0.3, 0.4) is 0 Å². The number of benzene rings is 1. The van der Waals surface area contributed by atoms with Crippen LogP contribution < -0.4 is 5.32 Å². The molecule has 1 heterocycles. The summed E-state index contributed by atoms with van der Waals surface area (Å²) in [6, 6.07) is 5.78. The second-order valence-electron chi connectivity index (χ2n) is 4.54. The molecule has 0 spiro atoms. The molecule has 1 N–H and O–H groups in total. The summed E-state index contributed by atoms with van der Waals surface area (Å²) in [5.41, 5.74) is 1.38. The summed E-state index contributed by atoms with van der Waals surface area (Å²) in [5, 5.41) is 3.42. The topological polar surface area (TPSA) is 29.9 Å². The first kappa shape index (κ1) is 10.7. The number of para-hydroxylation sites is 1. The lowest BCUT2D eigenvalue weighted by Crippen LogP contribution is -2.18. The minimum Gasteiger partial charge on any atom is -0.327 e. The van der Waals surface area contributed by atoms with Gasteiger partial charge in [-0.15, -0.1) is 0 Å². The molecule has 1 fully saturated rings. The number of nitrogens with one attached hydrogen (secondary N) is 1. The largest absolute Gasteiger partial charge is 0.327 e. The van der Waals surface area contributed by atoms with Crippen molar-refractivity contribution in [2.24, 2.45) is 0 Å². The Kier molecular flexibility index (Phi) is 2.59. The fraction of sp³-hybridized carbons (Fsp3) is 0.462. The van der Waals surface area contributed by atoms with Crippen molar-refractivity contribution in [1.82, 2.24) is 14.9 Å². The Hall–Kier alpha value is -1.42. The molecule has 1 aromatic carbocycles. The number of imidazole rings is 1. The van der Waals surface area contributed by atoms with Gasteiger partial charge in [0.1, 0.15) is 11.3 Å². The Bertz CT molecular complexity index is 543. The summed E-state index contributed by atoms with van der Waals surface area (Å²) in [7, 11) is 0. The monoisotopic (exact) mass is 233 g/mol. The van der Waals surface area contributed by atoms with Crippen molar-refractivity contribution in [3.05, 3.63) is 29.8 Å². The number of nitrogens with zero attached hydrogens (tertiary/aromatic N) is 2. The van der Waals surface area contributed by atoms with Crippen LogP contribution in [-0.2, 0) is 13.1 Å². The van der Waals surface area contributed by atoms with Gasteiger partial charge in [0.05, 0.1) is 12.1 Å². The minimum absolute atomic E-state index is 0.234. The van der Waals surface area contributed by atoms with Gasteiger partial charge in [0.25, 0.3) is 0 Å². The van der Waals surface area contributed by atoms with Gasteiger partial charge >= 0.3 is 0 Å². The molecule has 1 aliphatic carbocycles. The van der Waals surface area contributed by atoms with Crippen molar-refractivity contribution in [2.75, 3.05) is 0 Å². The maximum absolute atomic E-state index is 13.6. The molecule has 90 valence electrons. The number of rotatable bonds is 4. The van der Waals surface area contributed by atoms with Crippen LogP contribution in [0, 0.1) is 5.82 Å². The number of fused-ring (bicyclic) bond motifs is 1. The highest BCUT2D eigenvalue weighted by molar-refractivity contribution is 5.76. The van der Waals surface area contributed by atoms with Gasteiger partial charge in [-0.25, -0.2) is 9.37 Å². The Labute approximate surface area is 99.7 Å². The third kappa shape index (κ3) is 1.93. The van der Waals surface area contributed by atoms with E-state index in [-0.39, 0.29) is 5.82 Å². The average Bonchev–Trinajstić information content (AvgIpc) is 3.08. The van der Waals surface area contributed by atoms with Crippen molar-refractivity contribution < 1.29 is 4.39 Å². The summed E-state index contributed by atoms with van der Waals surface area (Å²) >= 11 is 0. The highest BCUT2D eigenvalue weighted by Gasteiger charge is 2.21. The Morgan fingerprint density at radius 3 is 3.00 bits per heavy atom. The second kappa shape index (κ2) is 4.11. The maximum atomic E-state index is 13.6. The van der Waals surface area contributed by atoms with Crippen molar-refractivity contribution in [1.29, 1.82) is 0 Å². The number of aromatic nitrogens is 2. The van der Waals surface area contributed by atoms with Gasteiger partial charge in [-0.1, -0.05) is 6.07 Å². The van der Waals surface area contributed by atoms with Gasteiger partial charge in [-0.05, 0) is 31.9 Å². The molecular weight excluding hydrogens is 217 g/mol. The SMILES string of the molecule is CCn1c(CNC2CC2)nc2c(F)cccc21. The van der Waals surface area contributed by atoms with E-state index in [2.05, 4.69) is 21.8 Å². The lowest BCUT2D eigenvalue weighted by molar-refractivity contribution is 0.616. The lowest BCUT2D eigenvalue weighted by Gasteiger charge is -2.06. The normalized spacial score (nSPS) is 15.6. The quantitative estimate of drug-likeness (QED) is 0.879. The Balaban J connectivity index is 2.00. The molecule has 3 rings (SSSR count). The average molecular weight is 233 g/mol. The van der Waals surface area contributed by atoms with Crippen molar-refractivity contribution >= 4 is 11.0 Å². The Morgan fingerprint density at radius 1 is 1.47 bits per heavy atom. The standard InChI is InChI=1S/C13H16FN3/c1-2-17-11-5-3-4-10(14)13(11)16-12(17)8-15-9-6-7-9/h3-5,9,15H,2,6-8H2,1H3. The number of aryl methyl sites for hydroxylation is 1. The molecule has 17 heavy (non-hydrogen) atoms. The molecule has 0 radical (unpaired) electrons. The summed E-state index contributed by atoms with van der Waals surface area (Å²) in [6.45, 7) is 3.61. The molecule has 3 nitrogen and oxygen atoms in total. The van der Waals surface area contributed by atoms with E-state index in [4.69, 9.17) is 0 Å². The molecule has 4 heteroatoms. The fourth-order valence-electron chi connectivity index (χ4n) is 2.17. The van der Waals surface area contributed by atoms with Gasteiger partial charge in [-0.3, -0.25) is 0 Å². The molecule has 1 aromatic heterocycles. The van der Waals surface area contributed by atoms with Gasteiger partial charge < -0.3 is 9.88 Å². The van der Waals surface area contributed by atoms with E-state index >= 15 is 0 Å². The molecule has 0 saturated heterocycles. The summed E-state index contributed by atoms with van der Waals surface area (Å²) in [4.78, 5) is 4.41. The van der Waals surface area contributed by atoms with Gasteiger partial charge in [0.2, 0.25) is 0 Å². The molecule has 0 bridgehead atoms. The summed E-state index contributed by atoms with van der Waals surface area (Å²) < 4.78 is 15.7. The predicted octanol–water partition coefficient (Wildman–Crippen LogP) is 2.45. The maximum Gasteiger partial charge on any atom is 0.151 e. The van der Waals surface area contributed by atoms with Crippen LogP contribution in [-0.4, -0.2) is 15.6 Å². The zero-order valence-electron chi connectivity index (χ0n) is 9.91. The van der Waals surface area contributed by atoms with Crippen LogP contribution in [0.2, 0.25) is 0 Å². The van der Waals surface area contributed by atoms with E-state index in [0.29, 0.717) is 11.6 Å². The number of hydrogen-bond donors (Lipinski definition) is 1. The van der Waals surface area contributed by atoms with E-state index in [9.17, 15) is 4.39 Å². The van der Waals surface area contributed by atoms with Crippen LogP contribution in [0.25, 0.3) is 11.0 Å². The summed E-state index contributed by atoms with van der Waals surface area (Å²) in [5.74, 6) is 0.696. The molecule has 1 aliphatic rings. The molecular formula is C13H16FN3. The van der Waals surface area contributed by atoms with Crippen molar-refractivity contribution in [2.45, 2.75) is 38.9 Å². The highest BCUT2D eigenvalue weighted by Crippen LogP contribution is 2.22. The fourth-order valence-corrected chi connectivity index (χ4v) is 2.17. The van der Waals surface area contributed by atoms with Crippen LogP contribution in [0.4, 0.5) is 4.39 Å². The van der Waals surface area contributed by atoms with Crippen LogP contribution in [0.15, 0.2) is 18.2 Å². The zero-order valence-corrected chi connectivity index (χ0v) is 9.91. The van der Waals surface area contributed by atoms with Gasteiger partial charge in [-0.2, -0.15) is 0 Å². The summed E-state index contributed by atoms with van der Waals surface area (Å²) in [6.07, 6.45) is 2.50. The van der Waals surface area contributed by atoms with Gasteiger partial charge in [0, 0.05) is 12.6 Å². The predicted molar refractivity (Wildman–Crippen MR) is 65.2 cm³/mol. The molecule has 1 saturated carbocycles. The second-order valence-corrected chi connectivity index (χ2v) is 4.54. The lowest BCUT2D eigenvalue weighted by atomic mass is 10.3. The third-order valence-corrected chi connectivity index (χ3v) is 3.25. The van der Waals surface area contributed by atoms with E-state index < -0.39 is 0 Å². The third-order valence-electron chi connectivity index (χ3n) is 3.25. The molecule has 0 aliphatic heterocycles. The first-order chi connectivity index (χ1) is 8.29. The van der Waals surface area contributed by atoms with E-state index in [1.54, 1.807) is 6.07 Å². The van der Waals surface area contributed by atoms with E-state index in [0.717, 1.165) is 24.4 Å². The first-order valence-electron chi connectivity index (χ1n) is 6.16. The van der Waals surface area contributed by atoms with E-state index in [1.807, 2.05) is 6.07 Å². The Morgan fingerprint density at radius 2 is 2.29 bits per heavy atom. The van der Waals surface area contributed by atoms with E-state index in [1.165, 1.54) is 18.9 Å². The van der Waals surface area contributed by atoms with Crippen LogP contribution in [0.1, 0.15) is 25.6 Å². The molecule has 0 atom stereocenters. The van der Waals surface area contributed by atoms with Crippen molar-refractivity contribution in [3.63, 3.8) is 0 Å². The van der Waals surface area contributed by atoms with Crippen LogP contribution >= 0.6 is 0 Å². The molecule has 0 unspecified atom stereocenters. The highest BCUT2D eigenvalue weighted by atomic mass is 19.1. The molecule has 0 amide bonds. The number of hydrogen-bond acceptors (Lipinski definition) is 2. The minimum atomic E-state index is -0.234. The first-order valence-corrected chi connectivity index (χ1v) is 6.16. The smallest absolute Gasteiger partial charge is 0.151 e. The molecule has 2 aromatic rings. The number of halogens is 1. The van der Waals surface area contributed by atoms with Crippen molar-refractivity contribution in [3.8, 4) is 0 Å². The van der Waals surface area contributed by atoms with Gasteiger partial charge in [0.15, 0.2) is 5.82 Å².